The van der Waals surface area contributed by atoms with E-state index in [1.165, 1.54) is 43.1 Å². The van der Waals surface area contributed by atoms with E-state index in [1.807, 2.05) is 12.1 Å². The van der Waals surface area contributed by atoms with Crippen LogP contribution in [0, 0.1) is 50.4 Å². The summed E-state index contributed by atoms with van der Waals surface area (Å²) in [7, 11) is 0. The second kappa shape index (κ2) is 12.9. The van der Waals surface area contributed by atoms with E-state index >= 15 is 0 Å². The van der Waals surface area contributed by atoms with E-state index in [0.717, 1.165) is 66.8 Å². The number of nitrogens with zero attached hydrogens (tertiary/aromatic N) is 2. The number of fused-ring (bicyclic) bond motifs is 6. The number of hydrogen-bond acceptors (Lipinski definition) is 2. The average Bonchev–Trinajstić information content (AvgIpc) is 3.20. The highest BCUT2D eigenvalue weighted by Crippen LogP contribution is 2.43. The van der Waals surface area contributed by atoms with Crippen LogP contribution in [0.1, 0.15) is 33.4 Å². The molecule has 0 fully saturated rings. The Hall–Kier alpha value is -7.00. The standard InChI is InChI=1S/C52H36N2/c1-31-21-33(3)47(51-23-35-13-5-7-15-39(35)41-17-9-11-19-43(41)51)27-45(31)49-25-38(30-54)50(26-37(49)29-53)46-28-48(34(4)22-32(46)2)52-24-36-14-6-8-16-40(36)42-18-10-12-20-44(42)52/h5-28H,1-4H3. The van der Waals surface area contributed by atoms with Crippen molar-refractivity contribution in [2.45, 2.75) is 27.7 Å². The van der Waals surface area contributed by atoms with Crippen LogP contribution in [-0.4, -0.2) is 0 Å². The molecule has 0 aliphatic carbocycles. The summed E-state index contributed by atoms with van der Waals surface area (Å²) in [5.74, 6) is 0. The normalized spacial score (nSPS) is 11.3. The Kier molecular flexibility index (Phi) is 7.85. The Balaban J connectivity index is 1.23. The minimum atomic E-state index is 0.544. The fourth-order valence-electron chi connectivity index (χ4n) is 8.65. The molecule has 2 heteroatoms. The molecule has 0 aliphatic rings. The van der Waals surface area contributed by atoms with Gasteiger partial charge in [-0.1, -0.05) is 109 Å². The third-order valence-corrected chi connectivity index (χ3v) is 11.2. The minimum absolute atomic E-state index is 0.544. The minimum Gasteiger partial charge on any atom is -0.192 e. The molecular weight excluding hydrogens is 653 g/mol. The maximum atomic E-state index is 10.7. The second-order valence-corrected chi connectivity index (χ2v) is 14.5. The summed E-state index contributed by atoms with van der Waals surface area (Å²) in [4.78, 5) is 0. The van der Waals surface area contributed by atoms with Crippen LogP contribution in [0.25, 0.3) is 87.6 Å². The van der Waals surface area contributed by atoms with Gasteiger partial charge in [0.2, 0.25) is 0 Å². The first-order chi connectivity index (χ1) is 26.3. The zero-order valence-electron chi connectivity index (χ0n) is 30.8. The average molecular weight is 689 g/mol. The van der Waals surface area contributed by atoms with Gasteiger partial charge in [0.15, 0.2) is 0 Å². The molecule has 0 spiro atoms. The van der Waals surface area contributed by atoms with Gasteiger partial charge < -0.3 is 0 Å². The summed E-state index contributed by atoms with van der Waals surface area (Å²) >= 11 is 0. The number of benzene rings is 9. The maximum absolute atomic E-state index is 10.7. The monoisotopic (exact) mass is 688 g/mol. The van der Waals surface area contributed by atoms with Gasteiger partial charge in [0.1, 0.15) is 0 Å². The lowest BCUT2D eigenvalue weighted by molar-refractivity contribution is 1.36. The number of aryl methyl sites for hydroxylation is 4. The van der Waals surface area contributed by atoms with E-state index in [1.54, 1.807) is 0 Å². The van der Waals surface area contributed by atoms with Crippen LogP contribution >= 0.6 is 0 Å². The number of hydrogen-bond donors (Lipinski definition) is 0. The van der Waals surface area contributed by atoms with Crippen molar-refractivity contribution in [3.8, 4) is 56.6 Å². The zero-order chi connectivity index (χ0) is 37.1. The molecule has 0 saturated heterocycles. The van der Waals surface area contributed by atoms with Gasteiger partial charge in [-0.3, -0.25) is 0 Å². The van der Waals surface area contributed by atoms with Gasteiger partial charge in [-0.25, -0.2) is 0 Å². The lowest BCUT2D eigenvalue weighted by Crippen LogP contribution is -1.98. The molecule has 0 saturated carbocycles. The van der Waals surface area contributed by atoms with E-state index in [9.17, 15) is 10.5 Å². The van der Waals surface area contributed by atoms with Crippen molar-refractivity contribution in [3.05, 3.63) is 179 Å². The number of nitriles is 2. The van der Waals surface area contributed by atoms with Crippen molar-refractivity contribution in [2.24, 2.45) is 0 Å². The topological polar surface area (TPSA) is 47.6 Å². The molecule has 0 heterocycles. The van der Waals surface area contributed by atoms with Crippen LogP contribution in [0.3, 0.4) is 0 Å². The Labute approximate surface area is 315 Å². The van der Waals surface area contributed by atoms with Crippen molar-refractivity contribution in [1.82, 2.24) is 0 Å². The molecule has 0 radical (unpaired) electrons. The molecule has 0 amide bonds. The van der Waals surface area contributed by atoms with Gasteiger partial charge in [-0.2, -0.15) is 10.5 Å². The van der Waals surface area contributed by atoms with E-state index in [2.05, 4.69) is 173 Å². The third kappa shape index (κ3) is 5.24. The van der Waals surface area contributed by atoms with Gasteiger partial charge in [0.25, 0.3) is 0 Å². The first kappa shape index (κ1) is 32.9. The molecule has 0 unspecified atom stereocenters. The molecule has 9 rings (SSSR count). The van der Waals surface area contributed by atoms with Crippen LogP contribution < -0.4 is 0 Å². The Morgan fingerprint density at radius 2 is 0.611 bits per heavy atom. The van der Waals surface area contributed by atoms with Crippen molar-refractivity contribution < 1.29 is 0 Å². The maximum Gasteiger partial charge on any atom is 0.0998 e. The molecule has 0 aliphatic heterocycles. The highest BCUT2D eigenvalue weighted by molar-refractivity contribution is 6.15. The lowest BCUT2D eigenvalue weighted by Gasteiger charge is -2.19. The smallest absolute Gasteiger partial charge is 0.0998 e. The molecule has 9 aromatic carbocycles. The van der Waals surface area contributed by atoms with Crippen LogP contribution in [0.15, 0.2) is 146 Å². The molecule has 0 aromatic heterocycles. The van der Waals surface area contributed by atoms with Gasteiger partial charge in [0, 0.05) is 11.1 Å². The van der Waals surface area contributed by atoms with Gasteiger partial charge >= 0.3 is 0 Å². The largest absolute Gasteiger partial charge is 0.192 e. The van der Waals surface area contributed by atoms with E-state index < -0.39 is 0 Å². The summed E-state index contributed by atoms with van der Waals surface area (Å²) in [6, 6.07) is 56.5. The lowest BCUT2D eigenvalue weighted by atomic mass is 9.84. The molecule has 254 valence electrons. The van der Waals surface area contributed by atoms with Crippen molar-refractivity contribution >= 4 is 43.1 Å². The predicted octanol–water partition coefficient (Wildman–Crippen LogP) is 13.9. The summed E-state index contributed by atoms with van der Waals surface area (Å²) in [5.41, 5.74) is 13.5. The van der Waals surface area contributed by atoms with Crippen molar-refractivity contribution in [2.75, 3.05) is 0 Å². The summed E-state index contributed by atoms with van der Waals surface area (Å²) < 4.78 is 0. The van der Waals surface area contributed by atoms with Gasteiger partial charge in [-0.15, -0.1) is 0 Å². The van der Waals surface area contributed by atoms with Crippen LogP contribution in [-0.2, 0) is 0 Å². The Bertz CT molecular complexity index is 2900. The summed E-state index contributed by atoms with van der Waals surface area (Å²) in [6.07, 6.45) is 0. The third-order valence-electron chi connectivity index (χ3n) is 11.2. The van der Waals surface area contributed by atoms with E-state index in [4.69, 9.17) is 0 Å². The van der Waals surface area contributed by atoms with E-state index in [0.29, 0.717) is 11.1 Å². The molecular formula is C52H36N2. The summed E-state index contributed by atoms with van der Waals surface area (Å²) in [5, 5.41) is 31.1. The molecule has 9 aromatic rings. The zero-order valence-corrected chi connectivity index (χ0v) is 30.8. The Morgan fingerprint density at radius 1 is 0.296 bits per heavy atom. The molecule has 54 heavy (non-hydrogen) atoms. The molecule has 2 nitrogen and oxygen atoms in total. The number of rotatable bonds is 4. The molecule has 0 bridgehead atoms. The fraction of sp³-hybridized carbons (Fsp3) is 0.0769. The van der Waals surface area contributed by atoms with Crippen molar-refractivity contribution in [1.29, 1.82) is 10.5 Å². The highest BCUT2D eigenvalue weighted by Gasteiger charge is 2.20. The van der Waals surface area contributed by atoms with Gasteiger partial charge in [-0.05, 0) is 163 Å². The quantitative estimate of drug-likeness (QED) is 0.173. The van der Waals surface area contributed by atoms with Crippen molar-refractivity contribution in [3.63, 3.8) is 0 Å². The SMILES string of the molecule is Cc1cc(C)c(-c2cc3ccccc3c3ccccc23)cc1-c1cc(C#N)c(-c2cc(-c3cc4ccccc4c4ccccc34)c(C)cc2C)cc1C#N. The fourth-order valence-corrected chi connectivity index (χ4v) is 8.65. The van der Waals surface area contributed by atoms with Crippen LogP contribution in [0.2, 0.25) is 0 Å². The van der Waals surface area contributed by atoms with Crippen LogP contribution in [0.5, 0.6) is 0 Å². The Morgan fingerprint density at radius 3 is 0.981 bits per heavy atom. The highest BCUT2D eigenvalue weighted by atomic mass is 14.3. The molecule has 0 atom stereocenters. The molecule has 0 N–H and O–H groups in total. The summed E-state index contributed by atoms with van der Waals surface area (Å²) in [6.45, 7) is 8.50. The first-order valence-electron chi connectivity index (χ1n) is 18.4. The second-order valence-electron chi connectivity index (χ2n) is 14.5. The first-order valence-corrected chi connectivity index (χ1v) is 18.4. The van der Waals surface area contributed by atoms with Crippen LogP contribution in [0.4, 0.5) is 0 Å². The van der Waals surface area contributed by atoms with E-state index in [-0.39, 0.29) is 0 Å². The predicted molar refractivity (Wildman–Crippen MR) is 227 cm³/mol. The van der Waals surface area contributed by atoms with Gasteiger partial charge in [0.05, 0.1) is 23.3 Å².